The predicted molar refractivity (Wildman–Crippen MR) is 123 cm³/mol. The molecule has 0 bridgehead atoms. The van der Waals surface area contributed by atoms with Crippen LogP contribution in [0.3, 0.4) is 0 Å². The summed E-state index contributed by atoms with van der Waals surface area (Å²) in [6.07, 6.45) is 3.20. The summed E-state index contributed by atoms with van der Waals surface area (Å²) in [5.74, 6) is -1.49. The Morgan fingerprint density at radius 2 is 2.06 bits per heavy atom. The fourth-order valence-electron chi connectivity index (χ4n) is 5.25. The first kappa shape index (κ1) is 22.9. The number of H-pyrrole nitrogens is 1. The zero-order chi connectivity index (χ0) is 24.1. The minimum absolute atomic E-state index is 0.176. The lowest BCUT2D eigenvalue weighted by Gasteiger charge is -2.49. The topological polar surface area (TPSA) is 119 Å². The van der Waals surface area contributed by atoms with E-state index in [1.54, 1.807) is 37.2 Å². The van der Waals surface area contributed by atoms with Crippen molar-refractivity contribution in [1.29, 1.82) is 5.26 Å². The van der Waals surface area contributed by atoms with Gasteiger partial charge in [-0.3, -0.25) is 4.79 Å². The number of benzene rings is 1. The summed E-state index contributed by atoms with van der Waals surface area (Å²) in [6, 6.07) is 6.51. The molecule has 0 aliphatic carbocycles. The molecule has 4 atom stereocenters. The van der Waals surface area contributed by atoms with Crippen LogP contribution in [0.4, 0.5) is 4.39 Å². The highest BCUT2D eigenvalue weighted by molar-refractivity contribution is 5.97. The van der Waals surface area contributed by atoms with E-state index in [0.717, 1.165) is 0 Å². The van der Waals surface area contributed by atoms with Crippen LogP contribution in [0.25, 0.3) is 22.2 Å². The molecule has 8 heteroatoms. The molecule has 1 saturated heterocycles. The average Bonchev–Trinajstić information content (AvgIpc) is 3.19. The highest BCUT2D eigenvalue weighted by atomic mass is 19.1. The zero-order valence-electron chi connectivity index (χ0n) is 19.2. The van der Waals surface area contributed by atoms with Crippen molar-refractivity contribution in [2.24, 2.45) is 17.6 Å². The monoisotopic (exact) mass is 449 g/mol. The maximum atomic E-state index is 15.7. The Bertz CT molecular complexity index is 1240. The Morgan fingerprint density at radius 3 is 2.64 bits per heavy atom. The molecule has 172 valence electrons. The van der Waals surface area contributed by atoms with Crippen molar-refractivity contribution in [3.63, 3.8) is 0 Å². The van der Waals surface area contributed by atoms with Gasteiger partial charge in [-0.15, -0.1) is 0 Å². The molecule has 1 fully saturated rings. The van der Waals surface area contributed by atoms with Crippen molar-refractivity contribution in [3.8, 4) is 17.2 Å². The fourth-order valence-corrected chi connectivity index (χ4v) is 5.25. The van der Waals surface area contributed by atoms with Gasteiger partial charge in [0.2, 0.25) is 5.91 Å². The molecular weight excluding hydrogens is 421 g/mol. The summed E-state index contributed by atoms with van der Waals surface area (Å²) in [6.45, 7) is 7.66. The first-order valence-corrected chi connectivity index (χ1v) is 11.0. The number of piperidine rings is 1. The third-order valence-electron chi connectivity index (χ3n) is 6.89. The molecule has 0 spiro atoms. The molecule has 1 aliphatic rings. The molecule has 0 saturated carbocycles. The van der Waals surface area contributed by atoms with E-state index in [1.165, 1.54) is 6.07 Å². The van der Waals surface area contributed by atoms with Crippen LogP contribution in [0.5, 0.6) is 0 Å². The maximum Gasteiger partial charge on any atom is 0.239 e. The summed E-state index contributed by atoms with van der Waals surface area (Å²) in [4.78, 5) is 21.3. The first-order chi connectivity index (χ1) is 15.6. The summed E-state index contributed by atoms with van der Waals surface area (Å²) < 4.78 is 15.7. The Morgan fingerprint density at radius 1 is 1.39 bits per heavy atom. The second kappa shape index (κ2) is 8.25. The Hall–Kier alpha value is -3.28. The van der Waals surface area contributed by atoms with Gasteiger partial charge in [0.25, 0.3) is 0 Å². The van der Waals surface area contributed by atoms with Crippen molar-refractivity contribution in [1.82, 2.24) is 14.9 Å². The second-order valence-corrected chi connectivity index (χ2v) is 9.21. The number of aryl methyl sites for hydroxylation is 1. The number of hydrogen-bond acceptors (Lipinski definition) is 5. The van der Waals surface area contributed by atoms with Crippen LogP contribution in [0.2, 0.25) is 0 Å². The van der Waals surface area contributed by atoms with Crippen molar-refractivity contribution >= 4 is 16.9 Å². The van der Waals surface area contributed by atoms with Crippen LogP contribution in [-0.4, -0.2) is 45.0 Å². The average molecular weight is 450 g/mol. The third-order valence-corrected chi connectivity index (χ3v) is 6.89. The van der Waals surface area contributed by atoms with Crippen LogP contribution in [0.1, 0.15) is 37.5 Å². The van der Waals surface area contributed by atoms with E-state index in [0.29, 0.717) is 46.4 Å². The standard InChI is InChI=1S/C25H28FN5O2/c1-13-7-17(19-5-6-29-23-21(19)18(9-27)10-30-23)8-20(26)22(13)25(33)14(2)11-31(12-15(25)3)24(32)16(4)28/h5-8,10,14-16,33H,11-12,28H2,1-4H3,(H,29,30)/t14-,15+,16?,25?. The molecule has 7 nitrogen and oxygen atoms in total. The number of carbonyl (C=O) groups excluding carboxylic acids is 1. The van der Waals surface area contributed by atoms with Crippen LogP contribution < -0.4 is 5.73 Å². The van der Waals surface area contributed by atoms with E-state index in [4.69, 9.17) is 5.73 Å². The van der Waals surface area contributed by atoms with E-state index >= 15 is 4.39 Å². The number of aliphatic hydroxyl groups is 1. The summed E-state index contributed by atoms with van der Waals surface area (Å²) in [5, 5.41) is 21.9. The number of likely N-dealkylation sites (tertiary alicyclic amines) is 1. The number of nitrogens with one attached hydrogen (secondary N) is 1. The second-order valence-electron chi connectivity index (χ2n) is 9.21. The van der Waals surface area contributed by atoms with Gasteiger partial charge in [-0.2, -0.15) is 5.26 Å². The van der Waals surface area contributed by atoms with E-state index < -0.39 is 29.3 Å². The van der Waals surface area contributed by atoms with Gasteiger partial charge in [0.15, 0.2) is 0 Å². The third kappa shape index (κ3) is 3.58. The normalized spacial score (nSPS) is 24.0. The number of hydrogen-bond donors (Lipinski definition) is 3. The Balaban J connectivity index is 1.78. The highest BCUT2D eigenvalue weighted by Gasteiger charge is 2.49. The van der Waals surface area contributed by atoms with Gasteiger partial charge in [-0.05, 0) is 42.7 Å². The zero-order valence-corrected chi connectivity index (χ0v) is 19.2. The van der Waals surface area contributed by atoms with E-state index in [2.05, 4.69) is 16.0 Å². The SMILES string of the molecule is Cc1cc(-c2ccnc3[nH]cc(C#N)c23)cc(F)c1C1(O)[C@H](C)CN(C(=O)C(C)N)C[C@@H]1C. The van der Waals surface area contributed by atoms with Crippen LogP contribution in [0, 0.1) is 35.9 Å². The van der Waals surface area contributed by atoms with Crippen molar-refractivity contribution < 1.29 is 14.3 Å². The van der Waals surface area contributed by atoms with Crippen LogP contribution >= 0.6 is 0 Å². The van der Waals surface area contributed by atoms with Gasteiger partial charge in [-0.25, -0.2) is 9.37 Å². The van der Waals surface area contributed by atoms with Gasteiger partial charge >= 0.3 is 0 Å². The minimum Gasteiger partial charge on any atom is -0.384 e. The molecule has 0 radical (unpaired) electrons. The largest absolute Gasteiger partial charge is 0.384 e. The predicted octanol–water partition coefficient (Wildman–Crippen LogP) is 3.20. The number of aromatic amines is 1. The number of pyridine rings is 1. The van der Waals surface area contributed by atoms with E-state index in [1.807, 2.05) is 19.9 Å². The lowest BCUT2D eigenvalue weighted by molar-refractivity contribution is -0.150. The van der Waals surface area contributed by atoms with Gasteiger partial charge in [0.05, 0.1) is 11.6 Å². The molecule has 1 amide bonds. The first-order valence-electron chi connectivity index (χ1n) is 11.0. The van der Waals surface area contributed by atoms with Crippen molar-refractivity contribution in [3.05, 3.63) is 53.1 Å². The molecule has 2 aromatic heterocycles. The molecule has 3 aromatic rings. The number of nitriles is 1. The fraction of sp³-hybridized carbons (Fsp3) is 0.400. The van der Waals surface area contributed by atoms with Gasteiger partial charge in [-0.1, -0.05) is 19.9 Å². The quantitative estimate of drug-likeness (QED) is 0.567. The minimum atomic E-state index is -1.44. The maximum absolute atomic E-state index is 15.7. The molecule has 3 heterocycles. The Labute approximate surface area is 192 Å². The van der Waals surface area contributed by atoms with E-state index in [9.17, 15) is 15.2 Å². The molecule has 2 unspecified atom stereocenters. The smallest absolute Gasteiger partial charge is 0.239 e. The number of nitrogens with zero attached hydrogens (tertiary/aromatic N) is 3. The summed E-state index contributed by atoms with van der Waals surface area (Å²) in [5.41, 5.74) is 7.46. The number of amides is 1. The lowest BCUT2D eigenvalue weighted by Crippen LogP contribution is -2.58. The molecule has 1 aromatic carbocycles. The van der Waals surface area contributed by atoms with Gasteiger partial charge in [0.1, 0.15) is 23.1 Å². The number of aromatic nitrogens is 2. The molecule has 1 aliphatic heterocycles. The molecule has 33 heavy (non-hydrogen) atoms. The Kier molecular flexibility index (Phi) is 5.72. The van der Waals surface area contributed by atoms with Crippen molar-refractivity contribution in [2.45, 2.75) is 39.3 Å². The molecular formula is C25H28FN5O2. The number of rotatable bonds is 3. The van der Waals surface area contributed by atoms with Gasteiger partial charge in [0, 0.05) is 48.3 Å². The van der Waals surface area contributed by atoms with E-state index in [-0.39, 0.29) is 11.5 Å². The van der Waals surface area contributed by atoms with Crippen LogP contribution in [0.15, 0.2) is 30.6 Å². The molecule has 4 N–H and O–H groups in total. The number of halogens is 1. The summed E-state index contributed by atoms with van der Waals surface area (Å²) >= 11 is 0. The van der Waals surface area contributed by atoms with Crippen LogP contribution in [-0.2, 0) is 10.4 Å². The number of carbonyl (C=O) groups is 1. The number of nitrogens with two attached hydrogens (primary N) is 1. The molecule has 4 rings (SSSR count). The van der Waals surface area contributed by atoms with Crippen molar-refractivity contribution in [2.75, 3.05) is 13.1 Å². The number of fused-ring (bicyclic) bond motifs is 1. The lowest BCUT2D eigenvalue weighted by atomic mass is 9.69. The summed E-state index contributed by atoms with van der Waals surface area (Å²) in [7, 11) is 0. The highest BCUT2D eigenvalue weighted by Crippen LogP contribution is 2.45. The van der Waals surface area contributed by atoms with Gasteiger partial charge < -0.3 is 20.7 Å².